The molecule has 3 heteroatoms. The Kier molecular flexibility index (Phi) is 18.1. The van der Waals surface area contributed by atoms with Crippen LogP contribution in [-0.2, 0) is 9.47 Å². The normalized spacial score (nSPS) is 14.1. The minimum atomic E-state index is 0.720. The van der Waals surface area contributed by atoms with Crippen molar-refractivity contribution in [3.63, 3.8) is 0 Å². The number of ether oxygens (including phenoxy) is 2. The van der Waals surface area contributed by atoms with Crippen molar-refractivity contribution in [2.75, 3.05) is 39.5 Å². The highest BCUT2D eigenvalue weighted by Gasteiger charge is 2.01. The average molecular weight is 330 g/mol. The topological polar surface area (TPSA) is 30.5 Å². The number of rotatable bonds is 18. The molecule has 2 unspecified atom stereocenters. The zero-order chi connectivity index (χ0) is 17.2. The Hall–Kier alpha value is -0.120. The minimum Gasteiger partial charge on any atom is -0.379 e. The minimum absolute atomic E-state index is 0.720. The van der Waals surface area contributed by atoms with E-state index >= 15 is 0 Å². The molecule has 0 fully saturated rings. The van der Waals surface area contributed by atoms with Crippen LogP contribution in [0, 0.1) is 11.8 Å². The molecule has 0 amide bonds. The van der Waals surface area contributed by atoms with Gasteiger partial charge in [-0.3, -0.25) is 0 Å². The summed E-state index contributed by atoms with van der Waals surface area (Å²) in [4.78, 5) is 0. The Morgan fingerprint density at radius 2 is 1.43 bits per heavy atom. The lowest BCUT2D eigenvalue weighted by molar-refractivity contribution is 0.0464. The van der Waals surface area contributed by atoms with E-state index in [4.69, 9.17) is 9.47 Å². The summed E-state index contributed by atoms with van der Waals surface area (Å²) in [5.74, 6) is 1.61. The first kappa shape index (κ1) is 22.9. The zero-order valence-corrected chi connectivity index (χ0v) is 16.4. The van der Waals surface area contributed by atoms with E-state index in [1.54, 1.807) is 0 Å². The Bertz CT molecular complexity index is 224. The average Bonchev–Trinajstić information content (AvgIpc) is 2.56. The fraction of sp³-hybridized carbons (Fsp3) is 1.00. The maximum Gasteiger partial charge on any atom is 0.0701 e. The highest BCUT2D eigenvalue weighted by atomic mass is 16.5. The number of hydrogen-bond donors (Lipinski definition) is 1. The smallest absolute Gasteiger partial charge is 0.0701 e. The Morgan fingerprint density at radius 1 is 0.739 bits per heavy atom. The lowest BCUT2D eigenvalue weighted by Gasteiger charge is -2.12. The van der Waals surface area contributed by atoms with E-state index in [9.17, 15) is 0 Å². The van der Waals surface area contributed by atoms with E-state index in [1.165, 1.54) is 51.4 Å². The molecule has 1 N–H and O–H groups in total. The first-order valence-electron chi connectivity index (χ1n) is 10.1. The predicted molar refractivity (Wildman–Crippen MR) is 101 cm³/mol. The largest absolute Gasteiger partial charge is 0.379 e. The van der Waals surface area contributed by atoms with Gasteiger partial charge in [-0.05, 0) is 37.6 Å². The molecular weight excluding hydrogens is 286 g/mol. The molecule has 0 spiro atoms. The van der Waals surface area contributed by atoms with Gasteiger partial charge in [0.1, 0.15) is 0 Å². The van der Waals surface area contributed by atoms with Crippen LogP contribution >= 0.6 is 0 Å². The predicted octanol–water partition coefficient (Wildman–Crippen LogP) is 5.04. The second-order valence-corrected chi connectivity index (χ2v) is 7.04. The van der Waals surface area contributed by atoms with E-state index in [2.05, 4.69) is 33.0 Å². The fourth-order valence-corrected chi connectivity index (χ4v) is 2.57. The molecule has 0 saturated heterocycles. The first-order chi connectivity index (χ1) is 11.2. The summed E-state index contributed by atoms with van der Waals surface area (Å²) < 4.78 is 11.2. The molecule has 0 aliphatic heterocycles. The van der Waals surface area contributed by atoms with Crippen molar-refractivity contribution in [2.45, 2.75) is 79.1 Å². The molecule has 3 nitrogen and oxygen atoms in total. The molecule has 0 aliphatic rings. The molecule has 0 aromatic heterocycles. The van der Waals surface area contributed by atoms with Gasteiger partial charge in [0.25, 0.3) is 0 Å². The van der Waals surface area contributed by atoms with Gasteiger partial charge < -0.3 is 14.8 Å². The third-order valence-corrected chi connectivity index (χ3v) is 4.52. The highest BCUT2D eigenvalue weighted by molar-refractivity contribution is 4.57. The van der Waals surface area contributed by atoms with Crippen LogP contribution in [-0.4, -0.2) is 39.5 Å². The summed E-state index contributed by atoms with van der Waals surface area (Å²) >= 11 is 0. The van der Waals surface area contributed by atoms with Crippen molar-refractivity contribution in [3.05, 3.63) is 0 Å². The molecule has 0 aliphatic carbocycles. The SMILES string of the molecule is CCCCCCC(C)CNCCOCCOCCCC(C)CC. The van der Waals surface area contributed by atoms with Crippen LogP contribution in [0.3, 0.4) is 0 Å². The lowest BCUT2D eigenvalue weighted by Crippen LogP contribution is -2.25. The van der Waals surface area contributed by atoms with Crippen LogP contribution in [0.25, 0.3) is 0 Å². The summed E-state index contributed by atoms with van der Waals surface area (Å²) in [5, 5.41) is 3.49. The van der Waals surface area contributed by atoms with Crippen molar-refractivity contribution in [2.24, 2.45) is 11.8 Å². The summed E-state index contributed by atoms with van der Waals surface area (Å²) in [5.41, 5.74) is 0. The molecule has 0 rings (SSSR count). The number of nitrogens with one attached hydrogen (secondary N) is 1. The van der Waals surface area contributed by atoms with E-state index in [0.717, 1.165) is 51.4 Å². The lowest BCUT2D eigenvalue weighted by atomic mass is 10.0. The van der Waals surface area contributed by atoms with Gasteiger partial charge in [-0.15, -0.1) is 0 Å². The summed E-state index contributed by atoms with van der Waals surface area (Å²) in [7, 11) is 0. The maximum absolute atomic E-state index is 5.59. The quantitative estimate of drug-likeness (QED) is 0.357. The van der Waals surface area contributed by atoms with Gasteiger partial charge in [0.05, 0.1) is 19.8 Å². The Labute approximate surface area is 145 Å². The molecule has 0 heterocycles. The standard InChI is InChI=1S/C20H43NO2/c1-5-7-8-9-11-20(4)18-21-13-15-23-17-16-22-14-10-12-19(3)6-2/h19-21H,5-18H2,1-4H3. The summed E-state index contributed by atoms with van der Waals surface area (Å²) in [6.45, 7) is 14.3. The van der Waals surface area contributed by atoms with Gasteiger partial charge in [-0.25, -0.2) is 0 Å². The maximum atomic E-state index is 5.59. The van der Waals surface area contributed by atoms with Crippen LogP contribution < -0.4 is 5.32 Å². The van der Waals surface area contributed by atoms with Crippen LogP contribution in [0.1, 0.15) is 79.1 Å². The van der Waals surface area contributed by atoms with Gasteiger partial charge in [-0.1, -0.05) is 59.8 Å². The molecule has 0 saturated carbocycles. The van der Waals surface area contributed by atoms with Crippen molar-refractivity contribution in [1.82, 2.24) is 5.32 Å². The highest BCUT2D eigenvalue weighted by Crippen LogP contribution is 2.09. The van der Waals surface area contributed by atoms with E-state index in [0.29, 0.717) is 0 Å². The van der Waals surface area contributed by atoms with E-state index < -0.39 is 0 Å². The molecule has 0 aromatic carbocycles. The molecule has 140 valence electrons. The monoisotopic (exact) mass is 329 g/mol. The second kappa shape index (κ2) is 18.2. The molecular formula is C20H43NO2. The molecule has 2 atom stereocenters. The van der Waals surface area contributed by atoms with Crippen LogP contribution in [0.2, 0.25) is 0 Å². The van der Waals surface area contributed by atoms with Gasteiger partial charge in [0.15, 0.2) is 0 Å². The molecule has 0 radical (unpaired) electrons. The van der Waals surface area contributed by atoms with E-state index in [-0.39, 0.29) is 0 Å². The van der Waals surface area contributed by atoms with E-state index in [1.807, 2.05) is 0 Å². The van der Waals surface area contributed by atoms with Gasteiger partial charge >= 0.3 is 0 Å². The van der Waals surface area contributed by atoms with Crippen molar-refractivity contribution < 1.29 is 9.47 Å². The van der Waals surface area contributed by atoms with Crippen molar-refractivity contribution in [1.29, 1.82) is 0 Å². The van der Waals surface area contributed by atoms with Gasteiger partial charge in [0.2, 0.25) is 0 Å². The van der Waals surface area contributed by atoms with Crippen molar-refractivity contribution in [3.8, 4) is 0 Å². The Morgan fingerprint density at radius 3 is 2.13 bits per heavy atom. The second-order valence-electron chi connectivity index (χ2n) is 7.04. The first-order valence-corrected chi connectivity index (χ1v) is 10.1. The van der Waals surface area contributed by atoms with Gasteiger partial charge in [-0.2, -0.15) is 0 Å². The fourth-order valence-electron chi connectivity index (χ4n) is 2.57. The summed E-state index contributed by atoms with van der Waals surface area (Å²) in [6, 6.07) is 0. The molecule has 23 heavy (non-hydrogen) atoms. The third kappa shape index (κ3) is 18.1. The summed E-state index contributed by atoms with van der Waals surface area (Å²) in [6.07, 6.45) is 10.5. The zero-order valence-electron chi connectivity index (χ0n) is 16.4. The number of hydrogen-bond acceptors (Lipinski definition) is 3. The number of unbranched alkanes of at least 4 members (excludes halogenated alkanes) is 3. The Balaban J connectivity index is 3.12. The van der Waals surface area contributed by atoms with Crippen LogP contribution in [0.15, 0.2) is 0 Å². The van der Waals surface area contributed by atoms with Crippen LogP contribution in [0.4, 0.5) is 0 Å². The third-order valence-electron chi connectivity index (χ3n) is 4.52. The van der Waals surface area contributed by atoms with Crippen molar-refractivity contribution >= 4 is 0 Å². The van der Waals surface area contributed by atoms with Crippen LogP contribution in [0.5, 0.6) is 0 Å². The van der Waals surface area contributed by atoms with Gasteiger partial charge in [0, 0.05) is 13.2 Å². The molecule has 0 aromatic rings. The molecule has 0 bridgehead atoms.